The molecular weight excluding hydrogens is 270 g/mol. The van der Waals surface area contributed by atoms with Crippen molar-refractivity contribution < 1.29 is 19.1 Å². The fourth-order valence-corrected chi connectivity index (χ4v) is 2.07. The summed E-state index contributed by atoms with van der Waals surface area (Å²) in [4.78, 5) is 24.1. The molecule has 5 nitrogen and oxygen atoms in total. The maximum Gasteiger partial charge on any atom is 0.331 e. The quantitative estimate of drug-likeness (QED) is 0.783. The highest BCUT2D eigenvalue weighted by Crippen LogP contribution is 2.16. The van der Waals surface area contributed by atoms with Gasteiger partial charge in [0.1, 0.15) is 11.3 Å². The first-order valence-electron chi connectivity index (χ1n) is 7.05. The Kier molecular flexibility index (Phi) is 6.21. The zero-order chi connectivity index (χ0) is 15.9. The maximum absolute atomic E-state index is 12.2. The van der Waals surface area contributed by atoms with Crippen LogP contribution in [0.4, 0.5) is 0 Å². The van der Waals surface area contributed by atoms with E-state index < -0.39 is 17.6 Å². The number of esters is 1. The summed E-state index contributed by atoms with van der Waals surface area (Å²) < 4.78 is 10.3. The molecule has 0 saturated carbocycles. The van der Waals surface area contributed by atoms with Gasteiger partial charge in [-0.25, -0.2) is 4.79 Å². The normalized spacial score (nSPS) is 14.7. The van der Waals surface area contributed by atoms with Gasteiger partial charge in [-0.1, -0.05) is 31.5 Å². The van der Waals surface area contributed by atoms with Gasteiger partial charge in [-0.3, -0.25) is 4.79 Å². The number of rotatable bonds is 7. The van der Waals surface area contributed by atoms with Crippen LogP contribution >= 0.6 is 0 Å². The van der Waals surface area contributed by atoms with Gasteiger partial charge in [0.05, 0.1) is 7.11 Å². The second-order valence-electron chi connectivity index (χ2n) is 5.14. The molecule has 0 aliphatic rings. The molecule has 21 heavy (non-hydrogen) atoms. The van der Waals surface area contributed by atoms with E-state index in [-0.39, 0.29) is 5.91 Å². The van der Waals surface area contributed by atoms with Crippen molar-refractivity contribution in [1.29, 1.82) is 0 Å². The molecule has 0 fully saturated rings. The van der Waals surface area contributed by atoms with Crippen molar-refractivity contribution in [3.8, 4) is 5.75 Å². The predicted octanol–water partition coefficient (Wildman–Crippen LogP) is 2.30. The molecule has 2 unspecified atom stereocenters. The molecule has 0 aromatic heterocycles. The van der Waals surface area contributed by atoms with Gasteiger partial charge in [0.15, 0.2) is 6.10 Å². The average molecular weight is 293 g/mol. The lowest BCUT2D eigenvalue weighted by atomic mass is 9.96. The lowest BCUT2D eigenvalue weighted by Gasteiger charge is -2.29. The van der Waals surface area contributed by atoms with Crippen LogP contribution in [-0.2, 0) is 14.3 Å². The standard InChI is InChI=1S/C16H23NO4/c1-5-11-16(3,15(19)20-4)17-14(18)12(2)21-13-9-7-6-8-10-13/h6-10,12H,5,11H2,1-4H3,(H,17,18). The molecule has 0 bridgehead atoms. The maximum atomic E-state index is 12.2. The van der Waals surface area contributed by atoms with Gasteiger partial charge in [0.25, 0.3) is 5.91 Å². The van der Waals surface area contributed by atoms with E-state index in [1.807, 2.05) is 25.1 Å². The first-order valence-corrected chi connectivity index (χ1v) is 7.05. The van der Waals surface area contributed by atoms with Gasteiger partial charge < -0.3 is 14.8 Å². The Hall–Kier alpha value is -2.04. The molecule has 0 radical (unpaired) electrons. The summed E-state index contributed by atoms with van der Waals surface area (Å²) >= 11 is 0. The Bertz CT molecular complexity index is 474. The van der Waals surface area contributed by atoms with Gasteiger partial charge in [-0.05, 0) is 32.4 Å². The summed E-state index contributed by atoms with van der Waals surface area (Å²) in [7, 11) is 1.31. The van der Waals surface area contributed by atoms with Gasteiger partial charge in [0, 0.05) is 0 Å². The number of hydrogen-bond acceptors (Lipinski definition) is 4. The van der Waals surface area contributed by atoms with Crippen molar-refractivity contribution in [1.82, 2.24) is 5.32 Å². The topological polar surface area (TPSA) is 64.6 Å². The number of para-hydroxylation sites is 1. The minimum atomic E-state index is -1.03. The first kappa shape index (κ1) is 17.0. The van der Waals surface area contributed by atoms with E-state index in [2.05, 4.69) is 5.32 Å². The van der Waals surface area contributed by atoms with Crippen LogP contribution in [0.1, 0.15) is 33.6 Å². The number of methoxy groups -OCH3 is 1. The number of ether oxygens (including phenoxy) is 2. The summed E-state index contributed by atoms with van der Waals surface area (Å²) in [6, 6.07) is 9.07. The second-order valence-corrected chi connectivity index (χ2v) is 5.14. The highest BCUT2D eigenvalue weighted by molar-refractivity contribution is 5.89. The molecule has 0 heterocycles. The number of amides is 1. The summed E-state index contributed by atoms with van der Waals surface area (Å²) in [6.07, 6.45) is 0.553. The SMILES string of the molecule is CCCC(C)(NC(=O)C(C)Oc1ccccc1)C(=O)OC. The fraction of sp³-hybridized carbons (Fsp3) is 0.500. The van der Waals surface area contributed by atoms with Crippen molar-refractivity contribution in [2.45, 2.75) is 45.3 Å². The van der Waals surface area contributed by atoms with E-state index in [9.17, 15) is 9.59 Å². The van der Waals surface area contributed by atoms with Crippen LogP contribution in [0.25, 0.3) is 0 Å². The molecule has 0 spiro atoms. The number of hydrogen-bond donors (Lipinski definition) is 1. The van der Waals surface area contributed by atoms with E-state index in [0.29, 0.717) is 12.2 Å². The molecule has 1 amide bonds. The minimum Gasteiger partial charge on any atom is -0.481 e. The molecule has 116 valence electrons. The smallest absolute Gasteiger partial charge is 0.331 e. The molecule has 2 atom stereocenters. The summed E-state index contributed by atoms with van der Waals surface area (Å²) in [5.74, 6) is -0.194. The minimum absolute atomic E-state index is 0.347. The van der Waals surface area contributed by atoms with Crippen LogP contribution in [0.15, 0.2) is 30.3 Å². The van der Waals surface area contributed by atoms with Gasteiger partial charge in [-0.15, -0.1) is 0 Å². The van der Waals surface area contributed by atoms with Gasteiger partial charge in [0.2, 0.25) is 0 Å². The Morgan fingerprint density at radius 1 is 1.29 bits per heavy atom. The summed E-state index contributed by atoms with van der Waals surface area (Å²) in [5, 5.41) is 2.73. The Labute approximate surface area is 125 Å². The average Bonchev–Trinajstić information content (AvgIpc) is 2.47. The summed E-state index contributed by atoms with van der Waals surface area (Å²) in [6.45, 7) is 5.25. The van der Waals surface area contributed by atoms with E-state index >= 15 is 0 Å². The monoisotopic (exact) mass is 293 g/mol. The fourth-order valence-electron chi connectivity index (χ4n) is 2.07. The number of benzene rings is 1. The lowest BCUT2D eigenvalue weighted by molar-refractivity contribution is -0.151. The molecule has 1 aromatic rings. The Morgan fingerprint density at radius 3 is 2.43 bits per heavy atom. The Morgan fingerprint density at radius 2 is 1.90 bits per heavy atom. The van der Waals surface area contributed by atoms with E-state index in [1.54, 1.807) is 26.0 Å². The van der Waals surface area contributed by atoms with Crippen LogP contribution in [-0.4, -0.2) is 30.6 Å². The van der Waals surface area contributed by atoms with Crippen molar-refractivity contribution in [3.63, 3.8) is 0 Å². The third kappa shape index (κ3) is 4.77. The van der Waals surface area contributed by atoms with Crippen LogP contribution in [0.3, 0.4) is 0 Å². The summed E-state index contributed by atoms with van der Waals surface area (Å²) in [5.41, 5.74) is -1.03. The van der Waals surface area contributed by atoms with Crippen LogP contribution in [0.2, 0.25) is 0 Å². The van der Waals surface area contributed by atoms with Crippen LogP contribution in [0, 0.1) is 0 Å². The van der Waals surface area contributed by atoms with Gasteiger partial charge >= 0.3 is 5.97 Å². The molecule has 0 saturated heterocycles. The van der Waals surface area contributed by atoms with Crippen molar-refractivity contribution in [2.75, 3.05) is 7.11 Å². The number of carbonyl (C=O) groups excluding carboxylic acids is 2. The van der Waals surface area contributed by atoms with Crippen molar-refractivity contribution in [2.24, 2.45) is 0 Å². The highest BCUT2D eigenvalue weighted by atomic mass is 16.5. The molecular formula is C16H23NO4. The molecule has 0 aliphatic carbocycles. The molecule has 1 rings (SSSR count). The van der Waals surface area contributed by atoms with Crippen LogP contribution in [0.5, 0.6) is 5.75 Å². The molecule has 0 aliphatic heterocycles. The zero-order valence-corrected chi connectivity index (χ0v) is 13.0. The van der Waals surface area contributed by atoms with E-state index in [0.717, 1.165) is 6.42 Å². The molecule has 1 aromatic carbocycles. The lowest BCUT2D eigenvalue weighted by Crippen LogP contribution is -2.55. The van der Waals surface area contributed by atoms with Crippen molar-refractivity contribution in [3.05, 3.63) is 30.3 Å². The van der Waals surface area contributed by atoms with Crippen LogP contribution < -0.4 is 10.1 Å². The number of carbonyl (C=O) groups is 2. The van der Waals surface area contributed by atoms with Gasteiger partial charge in [-0.2, -0.15) is 0 Å². The highest BCUT2D eigenvalue weighted by Gasteiger charge is 2.36. The second kappa shape index (κ2) is 7.67. The molecule has 1 N–H and O–H groups in total. The third-order valence-corrected chi connectivity index (χ3v) is 3.21. The predicted molar refractivity (Wildman–Crippen MR) is 80.0 cm³/mol. The largest absolute Gasteiger partial charge is 0.481 e. The third-order valence-electron chi connectivity index (χ3n) is 3.21. The van der Waals surface area contributed by atoms with Crippen molar-refractivity contribution >= 4 is 11.9 Å². The first-order chi connectivity index (χ1) is 9.92. The zero-order valence-electron chi connectivity index (χ0n) is 13.0. The van der Waals surface area contributed by atoms with E-state index in [4.69, 9.17) is 9.47 Å². The molecule has 5 heteroatoms. The Balaban J connectivity index is 2.71. The number of nitrogens with one attached hydrogen (secondary N) is 1. The van der Waals surface area contributed by atoms with E-state index in [1.165, 1.54) is 7.11 Å².